The summed E-state index contributed by atoms with van der Waals surface area (Å²) in [6.45, 7) is 6.78. The van der Waals surface area contributed by atoms with Gasteiger partial charge in [0.1, 0.15) is 11.6 Å². The molecule has 0 radical (unpaired) electrons. The summed E-state index contributed by atoms with van der Waals surface area (Å²) in [4.78, 5) is 4.80. The largest absolute Gasteiger partial charge is 0.494 e. The molecular formula is C23H24N4O. The van der Waals surface area contributed by atoms with Crippen molar-refractivity contribution >= 4 is 17.2 Å². The van der Waals surface area contributed by atoms with E-state index in [0.717, 1.165) is 51.8 Å². The first-order valence-electron chi connectivity index (χ1n) is 9.64. The summed E-state index contributed by atoms with van der Waals surface area (Å²) in [5, 5.41) is 8.34. The van der Waals surface area contributed by atoms with E-state index in [4.69, 9.17) is 14.8 Å². The van der Waals surface area contributed by atoms with Gasteiger partial charge in [0.2, 0.25) is 0 Å². The highest BCUT2D eigenvalue weighted by atomic mass is 16.5. The zero-order valence-electron chi connectivity index (χ0n) is 16.4. The van der Waals surface area contributed by atoms with Crippen molar-refractivity contribution in [2.24, 2.45) is 0 Å². The van der Waals surface area contributed by atoms with Gasteiger partial charge in [0.15, 0.2) is 5.65 Å². The maximum atomic E-state index is 5.53. The first kappa shape index (κ1) is 18.0. The summed E-state index contributed by atoms with van der Waals surface area (Å²) in [5.41, 5.74) is 6.07. The predicted molar refractivity (Wildman–Crippen MR) is 113 cm³/mol. The molecule has 2 aromatic heterocycles. The Hall–Kier alpha value is -3.34. The molecule has 5 heteroatoms. The highest BCUT2D eigenvalue weighted by molar-refractivity contribution is 5.81. The zero-order valence-corrected chi connectivity index (χ0v) is 16.4. The number of hydrogen-bond acceptors (Lipinski definition) is 4. The van der Waals surface area contributed by atoms with Gasteiger partial charge in [-0.05, 0) is 50.1 Å². The molecule has 4 rings (SSSR count). The SMILES string of the molecule is CCOc1ccc(Nc2cc(C)nc3c(-c4ccccc4)c(CC)nn23)cc1. The smallest absolute Gasteiger partial charge is 0.165 e. The van der Waals surface area contributed by atoms with Gasteiger partial charge in [0.05, 0.1) is 12.3 Å². The van der Waals surface area contributed by atoms with Crippen LogP contribution in [0.25, 0.3) is 16.8 Å². The number of benzene rings is 2. The van der Waals surface area contributed by atoms with Crippen LogP contribution in [0.2, 0.25) is 0 Å². The van der Waals surface area contributed by atoms with E-state index in [0.29, 0.717) is 6.61 Å². The maximum Gasteiger partial charge on any atom is 0.165 e. The summed E-state index contributed by atoms with van der Waals surface area (Å²) < 4.78 is 7.44. The van der Waals surface area contributed by atoms with Gasteiger partial charge in [-0.25, -0.2) is 4.98 Å². The van der Waals surface area contributed by atoms with Crippen LogP contribution in [0.5, 0.6) is 5.75 Å². The Kier molecular flexibility index (Phi) is 4.98. The number of rotatable bonds is 6. The van der Waals surface area contributed by atoms with E-state index in [1.165, 1.54) is 0 Å². The molecule has 0 aliphatic carbocycles. The van der Waals surface area contributed by atoms with Gasteiger partial charge in [-0.2, -0.15) is 9.61 Å². The molecule has 0 saturated carbocycles. The molecule has 0 fully saturated rings. The van der Waals surface area contributed by atoms with Crippen molar-refractivity contribution in [2.45, 2.75) is 27.2 Å². The summed E-state index contributed by atoms with van der Waals surface area (Å²) >= 11 is 0. The number of ether oxygens (including phenoxy) is 1. The molecule has 0 unspecified atom stereocenters. The summed E-state index contributed by atoms with van der Waals surface area (Å²) in [6.07, 6.45) is 0.842. The van der Waals surface area contributed by atoms with Crippen LogP contribution in [0, 0.1) is 6.92 Å². The summed E-state index contributed by atoms with van der Waals surface area (Å²) in [5.74, 6) is 1.76. The van der Waals surface area contributed by atoms with Crippen molar-refractivity contribution < 1.29 is 4.74 Å². The lowest BCUT2D eigenvalue weighted by Gasteiger charge is -2.11. The van der Waals surface area contributed by atoms with Crippen LogP contribution in [0.1, 0.15) is 25.2 Å². The number of nitrogens with one attached hydrogen (secondary N) is 1. The van der Waals surface area contributed by atoms with Crippen LogP contribution in [0.4, 0.5) is 11.5 Å². The van der Waals surface area contributed by atoms with Gasteiger partial charge in [0, 0.05) is 23.0 Å². The molecule has 142 valence electrons. The molecule has 1 N–H and O–H groups in total. The average molecular weight is 372 g/mol. The molecule has 0 spiro atoms. The van der Waals surface area contributed by atoms with Gasteiger partial charge in [-0.3, -0.25) is 0 Å². The minimum absolute atomic E-state index is 0.659. The van der Waals surface area contributed by atoms with Crippen LogP contribution in [-0.4, -0.2) is 21.2 Å². The van der Waals surface area contributed by atoms with Gasteiger partial charge in [-0.15, -0.1) is 0 Å². The summed E-state index contributed by atoms with van der Waals surface area (Å²) in [7, 11) is 0. The van der Waals surface area contributed by atoms with E-state index in [9.17, 15) is 0 Å². The molecule has 0 atom stereocenters. The van der Waals surface area contributed by atoms with Crippen LogP contribution in [0.3, 0.4) is 0 Å². The van der Waals surface area contributed by atoms with Crippen molar-refractivity contribution in [2.75, 3.05) is 11.9 Å². The van der Waals surface area contributed by atoms with E-state index in [1.807, 2.05) is 66.9 Å². The monoisotopic (exact) mass is 372 g/mol. The standard InChI is InChI=1S/C23H24N4O/c1-4-20-22(17-9-7-6-8-10-17)23-24-16(3)15-21(27(23)26-20)25-18-11-13-19(14-12-18)28-5-2/h6-15,25H,4-5H2,1-3H3. The Morgan fingerprint density at radius 1 is 1.00 bits per heavy atom. The number of aromatic nitrogens is 3. The molecule has 4 aromatic rings. The van der Waals surface area contributed by atoms with E-state index >= 15 is 0 Å². The van der Waals surface area contributed by atoms with Crippen LogP contribution < -0.4 is 10.1 Å². The molecule has 0 saturated heterocycles. The molecule has 28 heavy (non-hydrogen) atoms. The first-order chi connectivity index (χ1) is 13.7. The fraction of sp³-hybridized carbons (Fsp3) is 0.217. The Morgan fingerprint density at radius 3 is 2.43 bits per heavy atom. The number of fused-ring (bicyclic) bond motifs is 1. The molecule has 0 amide bonds. The predicted octanol–water partition coefficient (Wildman–Crippen LogP) is 5.41. The molecule has 2 heterocycles. The van der Waals surface area contributed by atoms with Crippen LogP contribution in [-0.2, 0) is 6.42 Å². The van der Waals surface area contributed by atoms with Crippen molar-refractivity contribution in [1.82, 2.24) is 14.6 Å². The van der Waals surface area contributed by atoms with Gasteiger partial charge >= 0.3 is 0 Å². The third-order valence-corrected chi connectivity index (χ3v) is 4.62. The Balaban J connectivity index is 1.80. The maximum absolute atomic E-state index is 5.53. The fourth-order valence-electron chi connectivity index (χ4n) is 3.37. The Labute approximate surface area is 165 Å². The Bertz CT molecular complexity index is 1090. The number of hydrogen-bond donors (Lipinski definition) is 1. The van der Waals surface area contributed by atoms with E-state index in [2.05, 4.69) is 24.4 Å². The molecule has 0 aliphatic heterocycles. The number of anilines is 2. The number of aryl methyl sites for hydroxylation is 2. The third-order valence-electron chi connectivity index (χ3n) is 4.62. The molecule has 0 bridgehead atoms. The van der Waals surface area contributed by atoms with E-state index in [-0.39, 0.29) is 0 Å². The van der Waals surface area contributed by atoms with Crippen molar-refractivity contribution in [3.8, 4) is 16.9 Å². The second kappa shape index (κ2) is 7.72. The highest BCUT2D eigenvalue weighted by Crippen LogP contribution is 2.31. The van der Waals surface area contributed by atoms with Crippen molar-refractivity contribution in [3.05, 3.63) is 72.1 Å². The van der Waals surface area contributed by atoms with Crippen LogP contribution in [0.15, 0.2) is 60.7 Å². The lowest BCUT2D eigenvalue weighted by molar-refractivity contribution is 0.340. The quantitative estimate of drug-likeness (QED) is 0.492. The molecule has 0 aliphatic rings. The molecule has 2 aromatic carbocycles. The topological polar surface area (TPSA) is 51.5 Å². The molecular weight excluding hydrogens is 348 g/mol. The number of nitrogens with zero attached hydrogens (tertiary/aromatic N) is 3. The second-order valence-corrected chi connectivity index (χ2v) is 6.64. The lowest BCUT2D eigenvalue weighted by Crippen LogP contribution is -2.03. The zero-order chi connectivity index (χ0) is 19.5. The fourth-order valence-corrected chi connectivity index (χ4v) is 3.37. The summed E-state index contributed by atoms with van der Waals surface area (Å²) in [6, 6.07) is 20.3. The van der Waals surface area contributed by atoms with E-state index in [1.54, 1.807) is 0 Å². The van der Waals surface area contributed by atoms with Crippen LogP contribution >= 0.6 is 0 Å². The minimum Gasteiger partial charge on any atom is -0.494 e. The van der Waals surface area contributed by atoms with Gasteiger partial charge < -0.3 is 10.1 Å². The van der Waals surface area contributed by atoms with Crippen molar-refractivity contribution in [1.29, 1.82) is 0 Å². The second-order valence-electron chi connectivity index (χ2n) is 6.64. The normalized spacial score (nSPS) is 11.0. The van der Waals surface area contributed by atoms with Gasteiger partial charge in [0.25, 0.3) is 0 Å². The van der Waals surface area contributed by atoms with Gasteiger partial charge in [-0.1, -0.05) is 37.3 Å². The first-order valence-corrected chi connectivity index (χ1v) is 9.64. The average Bonchev–Trinajstić information content (AvgIpc) is 3.09. The Morgan fingerprint density at radius 2 is 1.75 bits per heavy atom. The highest BCUT2D eigenvalue weighted by Gasteiger charge is 2.17. The van der Waals surface area contributed by atoms with Crippen molar-refractivity contribution in [3.63, 3.8) is 0 Å². The van der Waals surface area contributed by atoms with E-state index < -0.39 is 0 Å². The lowest BCUT2D eigenvalue weighted by atomic mass is 10.0. The minimum atomic E-state index is 0.659. The third kappa shape index (κ3) is 3.43. The molecule has 5 nitrogen and oxygen atoms in total.